The molecule has 0 aromatic heterocycles. The molecule has 1 aliphatic carbocycles. The van der Waals surface area contributed by atoms with Crippen LogP contribution in [0.15, 0.2) is 0 Å². The van der Waals surface area contributed by atoms with Gasteiger partial charge >= 0.3 is 0 Å². The highest BCUT2D eigenvalue weighted by Crippen LogP contribution is 2.45. The van der Waals surface area contributed by atoms with E-state index in [0.717, 1.165) is 0 Å². The van der Waals surface area contributed by atoms with Crippen molar-refractivity contribution in [1.82, 2.24) is 0 Å². The number of aliphatic hydroxyl groups excluding tert-OH is 1. The summed E-state index contributed by atoms with van der Waals surface area (Å²) in [6.45, 7) is 7.12. The van der Waals surface area contributed by atoms with Gasteiger partial charge in [-0.15, -0.1) is 0 Å². The summed E-state index contributed by atoms with van der Waals surface area (Å²) in [6.07, 6.45) is 13.6. The smallest absolute Gasteiger partial charge is 0.0674 e. The van der Waals surface area contributed by atoms with Gasteiger partial charge in [0.2, 0.25) is 0 Å². The van der Waals surface area contributed by atoms with E-state index in [2.05, 4.69) is 20.8 Å². The highest BCUT2D eigenvalue weighted by atomic mass is 16.5. The van der Waals surface area contributed by atoms with Crippen LogP contribution < -0.4 is 0 Å². The number of methoxy groups -OCH3 is 1. The van der Waals surface area contributed by atoms with Gasteiger partial charge in [-0.1, -0.05) is 72.1 Å². The molecular formula is C19H38O2. The van der Waals surface area contributed by atoms with E-state index in [4.69, 9.17) is 4.74 Å². The van der Waals surface area contributed by atoms with Gasteiger partial charge in [-0.3, -0.25) is 0 Å². The minimum Gasteiger partial charge on any atom is -0.396 e. The molecule has 0 amide bonds. The van der Waals surface area contributed by atoms with Crippen LogP contribution >= 0.6 is 0 Å². The maximum Gasteiger partial charge on any atom is 0.0674 e. The molecule has 3 unspecified atom stereocenters. The third kappa shape index (κ3) is 5.90. The van der Waals surface area contributed by atoms with Gasteiger partial charge in [0.15, 0.2) is 0 Å². The fourth-order valence-electron chi connectivity index (χ4n) is 4.20. The van der Waals surface area contributed by atoms with Gasteiger partial charge in [-0.25, -0.2) is 0 Å². The van der Waals surface area contributed by atoms with E-state index in [1.165, 1.54) is 64.2 Å². The molecule has 0 aliphatic heterocycles. The van der Waals surface area contributed by atoms with Crippen molar-refractivity contribution in [2.75, 3.05) is 13.7 Å². The molecule has 1 rings (SSSR count). The first-order valence-corrected chi connectivity index (χ1v) is 9.20. The standard InChI is InChI=1S/C19H38O2/c1-5-6-7-8-9-10-11-12-16-13-14-19(2,3)18(21-4)17(16)15-20/h16-18,20H,5-15H2,1-4H3. The minimum atomic E-state index is 0.207. The van der Waals surface area contributed by atoms with Crippen molar-refractivity contribution in [2.45, 2.75) is 91.1 Å². The minimum absolute atomic E-state index is 0.207. The van der Waals surface area contributed by atoms with E-state index >= 15 is 0 Å². The fourth-order valence-corrected chi connectivity index (χ4v) is 4.20. The summed E-state index contributed by atoms with van der Waals surface area (Å²) in [5.41, 5.74) is 0.207. The van der Waals surface area contributed by atoms with Crippen LogP contribution in [0.2, 0.25) is 0 Å². The summed E-state index contributed by atoms with van der Waals surface area (Å²) in [6, 6.07) is 0. The first kappa shape index (κ1) is 19.0. The van der Waals surface area contributed by atoms with Crippen LogP contribution in [0, 0.1) is 17.3 Å². The van der Waals surface area contributed by atoms with E-state index in [1.54, 1.807) is 0 Å². The summed E-state index contributed by atoms with van der Waals surface area (Å²) in [7, 11) is 1.81. The maximum absolute atomic E-state index is 9.81. The van der Waals surface area contributed by atoms with Crippen molar-refractivity contribution in [3.05, 3.63) is 0 Å². The van der Waals surface area contributed by atoms with Crippen molar-refractivity contribution in [3.63, 3.8) is 0 Å². The predicted octanol–water partition coefficient (Wildman–Crippen LogP) is 5.19. The van der Waals surface area contributed by atoms with Crippen LogP contribution in [0.5, 0.6) is 0 Å². The van der Waals surface area contributed by atoms with Gasteiger partial charge in [-0.05, 0) is 24.2 Å². The molecule has 2 heteroatoms. The van der Waals surface area contributed by atoms with E-state index in [1.807, 2.05) is 7.11 Å². The lowest BCUT2D eigenvalue weighted by Gasteiger charge is -2.46. The second kappa shape index (κ2) is 9.84. The molecule has 0 aromatic carbocycles. The lowest BCUT2D eigenvalue weighted by atomic mass is 9.64. The Hall–Kier alpha value is -0.0800. The Balaban J connectivity index is 2.30. The normalized spacial score (nSPS) is 28.7. The highest BCUT2D eigenvalue weighted by Gasteiger charge is 2.43. The van der Waals surface area contributed by atoms with Gasteiger partial charge in [0.25, 0.3) is 0 Å². The lowest BCUT2D eigenvalue weighted by molar-refractivity contribution is -0.101. The summed E-state index contributed by atoms with van der Waals surface area (Å²) in [4.78, 5) is 0. The third-order valence-electron chi connectivity index (χ3n) is 5.57. The first-order chi connectivity index (χ1) is 10.1. The Bertz CT molecular complexity index is 262. The Labute approximate surface area is 132 Å². The lowest BCUT2D eigenvalue weighted by Crippen LogP contribution is -2.47. The maximum atomic E-state index is 9.81. The summed E-state index contributed by atoms with van der Waals surface area (Å²) in [5.74, 6) is 0.988. The third-order valence-corrected chi connectivity index (χ3v) is 5.57. The second-order valence-electron chi connectivity index (χ2n) is 7.70. The second-order valence-corrected chi connectivity index (χ2v) is 7.70. The van der Waals surface area contributed by atoms with Crippen LogP contribution in [0.1, 0.15) is 85.0 Å². The first-order valence-electron chi connectivity index (χ1n) is 9.20. The quantitative estimate of drug-likeness (QED) is 0.563. The molecule has 1 fully saturated rings. The molecule has 126 valence electrons. The van der Waals surface area contributed by atoms with Gasteiger partial charge in [-0.2, -0.15) is 0 Å². The molecule has 1 saturated carbocycles. The van der Waals surface area contributed by atoms with Crippen LogP contribution in [-0.4, -0.2) is 24.9 Å². The molecule has 0 saturated heterocycles. The summed E-state index contributed by atoms with van der Waals surface area (Å²) in [5, 5.41) is 9.81. The Kier molecular flexibility index (Phi) is 8.89. The summed E-state index contributed by atoms with van der Waals surface area (Å²) < 4.78 is 5.75. The number of hydrogen-bond acceptors (Lipinski definition) is 2. The molecular weight excluding hydrogens is 260 g/mol. The molecule has 0 aromatic rings. The molecule has 1 aliphatic rings. The van der Waals surface area contributed by atoms with Crippen molar-refractivity contribution in [2.24, 2.45) is 17.3 Å². The highest BCUT2D eigenvalue weighted by molar-refractivity contribution is 4.93. The Morgan fingerprint density at radius 2 is 1.67 bits per heavy atom. The summed E-state index contributed by atoms with van der Waals surface area (Å²) >= 11 is 0. The molecule has 0 bridgehead atoms. The van der Waals surface area contributed by atoms with Gasteiger partial charge in [0.05, 0.1) is 6.10 Å². The number of aliphatic hydroxyl groups is 1. The number of hydrogen-bond donors (Lipinski definition) is 1. The zero-order valence-electron chi connectivity index (χ0n) is 14.9. The molecule has 0 heterocycles. The van der Waals surface area contributed by atoms with Crippen molar-refractivity contribution >= 4 is 0 Å². The molecule has 21 heavy (non-hydrogen) atoms. The monoisotopic (exact) mass is 298 g/mol. The predicted molar refractivity (Wildman–Crippen MR) is 90.5 cm³/mol. The largest absolute Gasteiger partial charge is 0.396 e. The number of ether oxygens (including phenoxy) is 1. The average molecular weight is 299 g/mol. The average Bonchev–Trinajstić information content (AvgIpc) is 2.46. The van der Waals surface area contributed by atoms with Gasteiger partial charge in [0, 0.05) is 19.6 Å². The van der Waals surface area contributed by atoms with Crippen molar-refractivity contribution in [1.29, 1.82) is 0 Å². The molecule has 0 radical (unpaired) electrons. The molecule has 1 N–H and O–H groups in total. The molecule has 0 spiro atoms. The molecule has 2 nitrogen and oxygen atoms in total. The number of rotatable bonds is 10. The van der Waals surface area contributed by atoms with E-state index in [9.17, 15) is 5.11 Å². The SMILES string of the molecule is CCCCCCCCCC1CCC(C)(C)C(OC)C1CO. The van der Waals surface area contributed by atoms with Gasteiger partial charge in [0.1, 0.15) is 0 Å². The van der Waals surface area contributed by atoms with Crippen molar-refractivity contribution < 1.29 is 9.84 Å². The van der Waals surface area contributed by atoms with E-state index < -0.39 is 0 Å². The van der Waals surface area contributed by atoms with Crippen molar-refractivity contribution in [3.8, 4) is 0 Å². The van der Waals surface area contributed by atoms with E-state index in [0.29, 0.717) is 11.8 Å². The zero-order chi connectivity index (χ0) is 15.7. The molecule has 3 atom stereocenters. The Morgan fingerprint density at radius 3 is 2.24 bits per heavy atom. The van der Waals surface area contributed by atoms with Crippen LogP contribution in [-0.2, 0) is 4.74 Å². The zero-order valence-corrected chi connectivity index (χ0v) is 14.9. The number of unbranched alkanes of at least 4 members (excludes halogenated alkanes) is 6. The van der Waals surface area contributed by atoms with Crippen LogP contribution in [0.3, 0.4) is 0 Å². The topological polar surface area (TPSA) is 29.5 Å². The van der Waals surface area contributed by atoms with Gasteiger partial charge < -0.3 is 9.84 Å². The Morgan fingerprint density at radius 1 is 1.05 bits per heavy atom. The fraction of sp³-hybridized carbons (Fsp3) is 1.00. The van der Waals surface area contributed by atoms with Crippen LogP contribution in [0.4, 0.5) is 0 Å². The van der Waals surface area contributed by atoms with Crippen LogP contribution in [0.25, 0.3) is 0 Å². The van der Waals surface area contributed by atoms with E-state index in [-0.39, 0.29) is 18.1 Å².